The molecule has 7 heteroatoms. The fourth-order valence-corrected chi connectivity index (χ4v) is 2.79. The second-order valence-electron chi connectivity index (χ2n) is 5.21. The molecular formula is C17H15Cl3N2O2. The van der Waals surface area contributed by atoms with Gasteiger partial charge < -0.3 is 10.2 Å². The van der Waals surface area contributed by atoms with E-state index >= 15 is 0 Å². The highest BCUT2D eigenvalue weighted by atomic mass is 35.5. The Morgan fingerprint density at radius 3 is 2.29 bits per heavy atom. The lowest BCUT2D eigenvalue weighted by Gasteiger charge is -2.23. The zero-order valence-corrected chi connectivity index (χ0v) is 15.3. The van der Waals surface area contributed by atoms with E-state index in [1.54, 1.807) is 30.3 Å². The lowest BCUT2D eigenvalue weighted by molar-refractivity contribution is -0.120. The third-order valence-corrected chi connectivity index (χ3v) is 4.13. The normalized spacial score (nSPS) is 10.4. The number of halogens is 3. The van der Waals surface area contributed by atoms with Crippen LogP contribution in [0.25, 0.3) is 0 Å². The average Bonchev–Trinajstić information content (AvgIpc) is 2.50. The Labute approximate surface area is 155 Å². The van der Waals surface area contributed by atoms with Gasteiger partial charge in [-0.05, 0) is 42.8 Å². The SMILES string of the molecule is CC(=O)N(CC(=O)Nc1ccc(Cl)cc1Cl)c1cc(Cl)ccc1C. The second kappa shape index (κ2) is 7.88. The minimum absolute atomic E-state index is 0.157. The number of amides is 2. The third kappa shape index (κ3) is 4.63. The van der Waals surface area contributed by atoms with Crippen LogP contribution in [0.4, 0.5) is 11.4 Å². The molecule has 0 unspecified atom stereocenters. The first kappa shape index (κ1) is 18.6. The standard InChI is InChI=1S/C17H15Cl3N2O2/c1-10-3-4-13(19)8-16(10)22(11(2)23)9-17(24)21-15-6-5-12(18)7-14(15)20/h3-8H,9H2,1-2H3,(H,21,24). The maximum Gasteiger partial charge on any atom is 0.244 e. The number of aryl methyl sites for hydroxylation is 1. The molecule has 0 aliphatic carbocycles. The lowest BCUT2D eigenvalue weighted by Crippen LogP contribution is -2.37. The minimum Gasteiger partial charge on any atom is -0.323 e. The molecule has 0 aliphatic rings. The van der Waals surface area contributed by atoms with Crippen molar-refractivity contribution in [2.45, 2.75) is 13.8 Å². The molecular weight excluding hydrogens is 371 g/mol. The van der Waals surface area contributed by atoms with E-state index in [1.807, 2.05) is 6.92 Å². The Morgan fingerprint density at radius 2 is 1.67 bits per heavy atom. The Morgan fingerprint density at radius 1 is 1.04 bits per heavy atom. The van der Waals surface area contributed by atoms with Gasteiger partial charge in [-0.2, -0.15) is 0 Å². The molecule has 0 bridgehead atoms. The summed E-state index contributed by atoms with van der Waals surface area (Å²) in [5.74, 6) is -0.647. The van der Waals surface area contributed by atoms with Crippen LogP contribution in [-0.4, -0.2) is 18.4 Å². The van der Waals surface area contributed by atoms with E-state index in [2.05, 4.69) is 5.32 Å². The van der Waals surface area contributed by atoms with Crippen molar-refractivity contribution in [3.05, 3.63) is 57.0 Å². The van der Waals surface area contributed by atoms with Crippen LogP contribution in [0.3, 0.4) is 0 Å². The van der Waals surface area contributed by atoms with E-state index in [-0.39, 0.29) is 18.4 Å². The molecule has 0 saturated carbocycles. The summed E-state index contributed by atoms with van der Waals surface area (Å²) >= 11 is 17.9. The maximum atomic E-state index is 12.3. The molecule has 0 aromatic heterocycles. The summed E-state index contributed by atoms with van der Waals surface area (Å²) in [7, 11) is 0. The van der Waals surface area contributed by atoms with Crippen LogP contribution in [0.1, 0.15) is 12.5 Å². The molecule has 2 rings (SSSR count). The number of hydrogen-bond acceptors (Lipinski definition) is 2. The molecule has 0 fully saturated rings. The topological polar surface area (TPSA) is 49.4 Å². The van der Waals surface area contributed by atoms with E-state index in [0.29, 0.717) is 26.4 Å². The molecule has 0 saturated heterocycles. The Kier molecular flexibility index (Phi) is 6.10. The van der Waals surface area contributed by atoms with Gasteiger partial charge in [0, 0.05) is 22.7 Å². The van der Waals surface area contributed by atoms with Gasteiger partial charge in [-0.25, -0.2) is 0 Å². The number of carbonyl (C=O) groups is 2. The Balaban J connectivity index is 2.20. The van der Waals surface area contributed by atoms with Crippen molar-refractivity contribution >= 4 is 58.0 Å². The zero-order chi connectivity index (χ0) is 17.9. The van der Waals surface area contributed by atoms with Gasteiger partial charge in [0.05, 0.1) is 10.7 Å². The van der Waals surface area contributed by atoms with E-state index in [0.717, 1.165) is 5.56 Å². The van der Waals surface area contributed by atoms with E-state index in [1.165, 1.54) is 17.9 Å². The van der Waals surface area contributed by atoms with Gasteiger partial charge in [0.2, 0.25) is 11.8 Å². The van der Waals surface area contributed by atoms with Crippen LogP contribution in [0.15, 0.2) is 36.4 Å². The molecule has 0 atom stereocenters. The lowest BCUT2D eigenvalue weighted by atomic mass is 10.1. The first-order chi connectivity index (χ1) is 11.3. The summed E-state index contributed by atoms with van der Waals surface area (Å²) in [6.07, 6.45) is 0. The molecule has 4 nitrogen and oxygen atoms in total. The number of benzene rings is 2. The number of hydrogen-bond donors (Lipinski definition) is 1. The van der Waals surface area contributed by atoms with Gasteiger partial charge in [0.15, 0.2) is 0 Å². The monoisotopic (exact) mass is 384 g/mol. The van der Waals surface area contributed by atoms with Crippen molar-refractivity contribution < 1.29 is 9.59 Å². The highest BCUT2D eigenvalue weighted by molar-refractivity contribution is 6.36. The zero-order valence-electron chi connectivity index (χ0n) is 13.1. The van der Waals surface area contributed by atoms with Crippen LogP contribution in [-0.2, 0) is 9.59 Å². The summed E-state index contributed by atoms with van der Waals surface area (Å²) in [6, 6.07) is 9.93. The summed E-state index contributed by atoms with van der Waals surface area (Å²) in [5, 5.41) is 3.95. The van der Waals surface area contributed by atoms with Crippen molar-refractivity contribution in [3.8, 4) is 0 Å². The van der Waals surface area contributed by atoms with Crippen molar-refractivity contribution in [1.82, 2.24) is 0 Å². The van der Waals surface area contributed by atoms with Gasteiger partial charge in [-0.1, -0.05) is 40.9 Å². The average molecular weight is 386 g/mol. The summed E-state index contributed by atoms with van der Waals surface area (Å²) < 4.78 is 0. The quantitative estimate of drug-likeness (QED) is 0.810. The first-order valence-corrected chi connectivity index (χ1v) is 8.20. The summed E-state index contributed by atoms with van der Waals surface area (Å²) in [6.45, 7) is 3.08. The number of carbonyl (C=O) groups excluding carboxylic acids is 2. The molecule has 24 heavy (non-hydrogen) atoms. The highest BCUT2D eigenvalue weighted by Gasteiger charge is 2.18. The largest absolute Gasteiger partial charge is 0.323 e. The van der Waals surface area contributed by atoms with Crippen LogP contribution in [0.2, 0.25) is 15.1 Å². The molecule has 0 spiro atoms. The summed E-state index contributed by atoms with van der Waals surface area (Å²) in [4.78, 5) is 25.6. The molecule has 126 valence electrons. The Bertz CT molecular complexity index is 793. The molecule has 0 aliphatic heterocycles. The third-order valence-electron chi connectivity index (χ3n) is 3.35. The predicted octanol–water partition coefficient (Wildman–Crippen LogP) is 4.95. The van der Waals surface area contributed by atoms with Crippen molar-refractivity contribution in [2.24, 2.45) is 0 Å². The fraction of sp³-hybridized carbons (Fsp3) is 0.176. The van der Waals surface area contributed by atoms with Gasteiger partial charge in [-0.15, -0.1) is 0 Å². The van der Waals surface area contributed by atoms with E-state index < -0.39 is 0 Å². The number of nitrogens with one attached hydrogen (secondary N) is 1. The van der Waals surface area contributed by atoms with Crippen molar-refractivity contribution in [1.29, 1.82) is 0 Å². The van der Waals surface area contributed by atoms with Crippen LogP contribution in [0, 0.1) is 6.92 Å². The van der Waals surface area contributed by atoms with E-state index in [9.17, 15) is 9.59 Å². The summed E-state index contributed by atoms with van der Waals surface area (Å²) in [5.41, 5.74) is 1.86. The molecule has 1 N–H and O–H groups in total. The van der Waals surface area contributed by atoms with Crippen LogP contribution in [0.5, 0.6) is 0 Å². The number of anilines is 2. The van der Waals surface area contributed by atoms with Crippen LogP contribution >= 0.6 is 34.8 Å². The van der Waals surface area contributed by atoms with Crippen molar-refractivity contribution in [3.63, 3.8) is 0 Å². The van der Waals surface area contributed by atoms with Gasteiger partial charge >= 0.3 is 0 Å². The molecule has 2 aromatic rings. The van der Waals surface area contributed by atoms with Crippen LogP contribution < -0.4 is 10.2 Å². The van der Waals surface area contributed by atoms with E-state index in [4.69, 9.17) is 34.8 Å². The molecule has 0 heterocycles. The Hall–Kier alpha value is -1.75. The molecule has 0 radical (unpaired) electrons. The molecule has 2 amide bonds. The second-order valence-corrected chi connectivity index (χ2v) is 6.49. The highest BCUT2D eigenvalue weighted by Crippen LogP contribution is 2.27. The first-order valence-electron chi connectivity index (χ1n) is 7.07. The minimum atomic E-state index is -0.381. The predicted molar refractivity (Wildman–Crippen MR) is 99.3 cm³/mol. The molecule has 2 aromatic carbocycles. The van der Waals surface area contributed by atoms with Gasteiger partial charge in [-0.3, -0.25) is 9.59 Å². The van der Waals surface area contributed by atoms with Gasteiger partial charge in [0.25, 0.3) is 0 Å². The maximum absolute atomic E-state index is 12.3. The van der Waals surface area contributed by atoms with Gasteiger partial charge in [0.1, 0.15) is 6.54 Å². The van der Waals surface area contributed by atoms with Crippen molar-refractivity contribution in [2.75, 3.05) is 16.8 Å². The number of rotatable bonds is 4. The fourth-order valence-electron chi connectivity index (χ4n) is 2.16. The number of nitrogens with zero attached hydrogens (tertiary/aromatic N) is 1. The smallest absolute Gasteiger partial charge is 0.244 e.